The first-order valence-electron chi connectivity index (χ1n) is 7.32. The Labute approximate surface area is 139 Å². The summed E-state index contributed by atoms with van der Waals surface area (Å²) in [6.45, 7) is 5.29. The maximum Gasteiger partial charge on any atom is 0.412 e. The van der Waals surface area contributed by atoms with Crippen molar-refractivity contribution in [2.75, 3.05) is 5.32 Å². The monoisotopic (exact) mass is 340 g/mol. The average molecular weight is 341 g/mol. The Morgan fingerprint density at radius 1 is 1.39 bits per heavy atom. The van der Waals surface area contributed by atoms with Crippen LogP contribution in [0.4, 0.5) is 10.5 Å². The largest absolute Gasteiger partial charge is 0.481 e. The SMILES string of the molecule is CC(C)(C)OC(=O)Nc1ccc(C2(C(=O)O)CC(N)C2)c(Cl)c1. The van der Waals surface area contributed by atoms with Gasteiger partial charge in [-0.3, -0.25) is 10.1 Å². The van der Waals surface area contributed by atoms with Gasteiger partial charge in [0, 0.05) is 16.8 Å². The quantitative estimate of drug-likeness (QED) is 0.784. The first kappa shape index (κ1) is 17.6. The molecule has 1 aromatic rings. The molecule has 4 N–H and O–H groups in total. The lowest BCUT2D eigenvalue weighted by molar-refractivity contribution is -0.148. The molecule has 0 radical (unpaired) electrons. The molecule has 0 bridgehead atoms. The summed E-state index contributed by atoms with van der Waals surface area (Å²) >= 11 is 6.24. The molecule has 7 heteroatoms. The van der Waals surface area contributed by atoms with E-state index in [2.05, 4.69) is 5.32 Å². The number of carboxylic acids is 1. The lowest BCUT2D eigenvalue weighted by Crippen LogP contribution is -2.54. The zero-order chi connectivity index (χ0) is 17.4. The van der Waals surface area contributed by atoms with Crippen molar-refractivity contribution in [1.29, 1.82) is 0 Å². The maximum atomic E-state index is 11.8. The number of rotatable bonds is 3. The number of anilines is 1. The van der Waals surface area contributed by atoms with Gasteiger partial charge in [-0.05, 0) is 51.3 Å². The molecular formula is C16H21ClN2O4. The fraction of sp³-hybridized carbons (Fsp3) is 0.500. The standard InChI is InChI=1S/C16H21ClN2O4/c1-15(2,3)23-14(22)19-10-4-5-11(12(17)6-10)16(13(20)21)7-9(18)8-16/h4-6,9H,7-8,18H2,1-3H3,(H,19,22)(H,20,21). The second-order valence-corrected chi connectivity index (χ2v) is 7.28. The molecule has 126 valence electrons. The van der Waals surface area contributed by atoms with Gasteiger partial charge in [0.05, 0.1) is 5.41 Å². The fourth-order valence-corrected chi connectivity index (χ4v) is 3.11. The number of aliphatic carboxylic acids is 1. The summed E-state index contributed by atoms with van der Waals surface area (Å²) in [5.41, 5.74) is 5.06. The van der Waals surface area contributed by atoms with Crippen LogP contribution in [0.3, 0.4) is 0 Å². The van der Waals surface area contributed by atoms with Crippen molar-refractivity contribution in [2.45, 2.75) is 50.7 Å². The Hall–Kier alpha value is -1.79. The number of benzene rings is 1. The van der Waals surface area contributed by atoms with Crippen LogP contribution in [-0.2, 0) is 14.9 Å². The van der Waals surface area contributed by atoms with Crippen LogP contribution in [0.1, 0.15) is 39.2 Å². The summed E-state index contributed by atoms with van der Waals surface area (Å²) in [5.74, 6) is -0.936. The number of nitrogens with two attached hydrogens (primary N) is 1. The van der Waals surface area contributed by atoms with E-state index >= 15 is 0 Å². The lowest BCUT2D eigenvalue weighted by atomic mass is 9.62. The van der Waals surface area contributed by atoms with Crippen LogP contribution in [0.15, 0.2) is 18.2 Å². The van der Waals surface area contributed by atoms with Crippen molar-refractivity contribution in [2.24, 2.45) is 5.73 Å². The minimum absolute atomic E-state index is 0.137. The molecule has 1 amide bonds. The summed E-state index contributed by atoms with van der Waals surface area (Å²) in [6.07, 6.45) is 0.0989. The molecule has 0 heterocycles. The molecule has 0 aliphatic heterocycles. The van der Waals surface area contributed by atoms with Gasteiger partial charge in [0.1, 0.15) is 5.60 Å². The van der Waals surface area contributed by atoms with E-state index in [0.29, 0.717) is 24.1 Å². The van der Waals surface area contributed by atoms with Crippen molar-refractivity contribution >= 4 is 29.4 Å². The van der Waals surface area contributed by atoms with E-state index in [1.54, 1.807) is 32.9 Å². The molecule has 0 atom stereocenters. The minimum atomic E-state index is -1.04. The van der Waals surface area contributed by atoms with Crippen LogP contribution in [0.25, 0.3) is 0 Å². The third-order valence-electron chi connectivity index (χ3n) is 3.76. The Balaban J connectivity index is 2.18. The van der Waals surface area contributed by atoms with Gasteiger partial charge in [0.25, 0.3) is 0 Å². The van der Waals surface area contributed by atoms with Crippen LogP contribution in [0, 0.1) is 0 Å². The molecule has 1 fully saturated rings. The van der Waals surface area contributed by atoms with Crippen LogP contribution >= 0.6 is 11.6 Å². The molecule has 0 saturated heterocycles. The van der Waals surface area contributed by atoms with Gasteiger partial charge in [-0.15, -0.1) is 0 Å². The second-order valence-electron chi connectivity index (χ2n) is 6.88. The molecule has 1 aliphatic rings. The number of hydrogen-bond donors (Lipinski definition) is 3. The van der Waals surface area contributed by atoms with Gasteiger partial charge in [-0.25, -0.2) is 4.79 Å². The van der Waals surface area contributed by atoms with Crippen LogP contribution < -0.4 is 11.1 Å². The number of carbonyl (C=O) groups excluding carboxylic acids is 1. The van der Waals surface area contributed by atoms with E-state index in [0.717, 1.165) is 0 Å². The number of ether oxygens (including phenoxy) is 1. The topological polar surface area (TPSA) is 102 Å². The Morgan fingerprint density at radius 3 is 2.43 bits per heavy atom. The molecular weight excluding hydrogens is 320 g/mol. The molecule has 0 aromatic heterocycles. The number of carbonyl (C=O) groups is 2. The summed E-state index contributed by atoms with van der Waals surface area (Å²) < 4.78 is 5.16. The molecule has 0 unspecified atom stereocenters. The molecule has 6 nitrogen and oxygen atoms in total. The summed E-state index contributed by atoms with van der Waals surface area (Å²) in [7, 11) is 0. The van der Waals surface area contributed by atoms with Gasteiger partial charge < -0.3 is 15.6 Å². The van der Waals surface area contributed by atoms with Crippen LogP contribution in [-0.4, -0.2) is 28.8 Å². The average Bonchev–Trinajstić information content (AvgIpc) is 2.32. The van der Waals surface area contributed by atoms with Crippen LogP contribution in [0.2, 0.25) is 5.02 Å². The summed E-state index contributed by atoms with van der Waals surface area (Å²) in [4.78, 5) is 23.4. The number of hydrogen-bond acceptors (Lipinski definition) is 4. The van der Waals surface area contributed by atoms with Gasteiger partial charge >= 0.3 is 12.1 Å². The molecule has 1 aliphatic carbocycles. The van der Waals surface area contributed by atoms with Crippen molar-refractivity contribution in [3.05, 3.63) is 28.8 Å². The number of nitrogens with one attached hydrogen (secondary N) is 1. The molecule has 23 heavy (non-hydrogen) atoms. The molecule has 1 saturated carbocycles. The third-order valence-corrected chi connectivity index (χ3v) is 4.07. The van der Waals surface area contributed by atoms with E-state index < -0.39 is 23.1 Å². The van der Waals surface area contributed by atoms with Gasteiger partial charge in [0.2, 0.25) is 0 Å². The predicted octanol–water partition coefficient (Wildman–Crippen LogP) is 3.13. The smallest absolute Gasteiger partial charge is 0.412 e. The lowest BCUT2D eigenvalue weighted by Gasteiger charge is -2.43. The minimum Gasteiger partial charge on any atom is -0.481 e. The van der Waals surface area contributed by atoms with Gasteiger partial charge in [-0.1, -0.05) is 17.7 Å². The maximum absolute atomic E-state index is 11.8. The van der Waals surface area contributed by atoms with Crippen molar-refractivity contribution in [3.8, 4) is 0 Å². The van der Waals surface area contributed by atoms with Crippen molar-refractivity contribution in [1.82, 2.24) is 0 Å². The van der Waals surface area contributed by atoms with Crippen molar-refractivity contribution in [3.63, 3.8) is 0 Å². The number of halogens is 1. The molecule has 1 aromatic carbocycles. The van der Waals surface area contributed by atoms with E-state index in [-0.39, 0.29) is 11.1 Å². The normalized spacial score (nSPS) is 23.8. The predicted molar refractivity (Wildman–Crippen MR) is 87.8 cm³/mol. The molecule has 2 rings (SSSR count). The van der Waals surface area contributed by atoms with Crippen molar-refractivity contribution < 1.29 is 19.4 Å². The zero-order valence-corrected chi connectivity index (χ0v) is 14.1. The summed E-state index contributed by atoms with van der Waals surface area (Å²) in [5, 5.41) is 12.4. The highest BCUT2D eigenvalue weighted by molar-refractivity contribution is 6.32. The van der Waals surface area contributed by atoms with E-state index in [1.807, 2.05) is 0 Å². The number of carboxylic acid groups (broad SMARTS) is 1. The van der Waals surface area contributed by atoms with Crippen LogP contribution in [0.5, 0.6) is 0 Å². The second kappa shape index (κ2) is 6.02. The highest BCUT2D eigenvalue weighted by atomic mass is 35.5. The molecule has 0 spiro atoms. The first-order valence-corrected chi connectivity index (χ1v) is 7.70. The first-order chi connectivity index (χ1) is 10.5. The highest BCUT2D eigenvalue weighted by Gasteiger charge is 2.51. The highest BCUT2D eigenvalue weighted by Crippen LogP contribution is 2.46. The van der Waals surface area contributed by atoms with E-state index in [9.17, 15) is 14.7 Å². The van der Waals surface area contributed by atoms with Gasteiger partial charge in [-0.2, -0.15) is 0 Å². The summed E-state index contributed by atoms with van der Waals surface area (Å²) in [6, 6.07) is 4.62. The fourth-order valence-electron chi connectivity index (χ4n) is 2.75. The zero-order valence-electron chi connectivity index (χ0n) is 13.4. The third kappa shape index (κ3) is 3.76. The van der Waals surface area contributed by atoms with Gasteiger partial charge in [0.15, 0.2) is 0 Å². The Morgan fingerprint density at radius 2 is 2.00 bits per heavy atom. The Kier molecular flexibility index (Phi) is 4.59. The Bertz CT molecular complexity index is 633. The number of amides is 1. The van der Waals surface area contributed by atoms with E-state index in [4.69, 9.17) is 22.1 Å². The van der Waals surface area contributed by atoms with E-state index in [1.165, 1.54) is 6.07 Å².